The highest BCUT2D eigenvalue weighted by Crippen LogP contribution is 2.36. The van der Waals surface area contributed by atoms with Gasteiger partial charge >= 0.3 is 5.97 Å². The maximum absolute atomic E-state index is 13.0. The van der Waals surface area contributed by atoms with Crippen molar-refractivity contribution in [1.29, 1.82) is 0 Å². The van der Waals surface area contributed by atoms with E-state index in [4.69, 9.17) is 14.2 Å². The molecule has 5 rings (SSSR count). The molecule has 158 valence electrons. The largest absolute Gasteiger partial charge is 0.485 e. The summed E-state index contributed by atoms with van der Waals surface area (Å²) in [5, 5.41) is 0. The first-order valence-electron chi connectivity index (χ1n) is 10.0. The van der Waals surface area contributed by atoms with Crippen molar-refractivity contribution in [3.8, 4) is 17.2 Å². The molecular formula is C26H17FO5. The number of ether oxygens (including phenoxy) is 3. The van der Waals surface area contributed by atoms with Gasteiger partial charge in [-0.3, -0.25) is 4.79 Å². The lowest BCUT2D eigenvalue weighted by Crippen LogP contribution is -2.18. The van der Waals surface area contributed by atoms with E-state index in [1.165, 1.54) is 36.4 Å². The summed E-state index contributed by atoms with van der Waals surface area (Å²) >= 11 is 0. The Labute approximate surface area is 183 Å². The first-order chi connectivity index (χ1) is 15.5. The number of carbonyl (C=O) groups excluding carboxylic acids is 2. The van der Waals surface area contributed by atoms with Crippen LogP contribution in [0, 0.1) is 5.82 Å². The highest BCUT2D eigenvalue weighted by atomic mass is 19.1. The molecule has 1 unspecified atom stereocenters. The van der Waals surface area contributed by atoms with Gasteiger partial charge in [0.05, 0.1) is 11.1 Å². The second kappa shape index (κ2) is 7.81. The van der Waals surface area contributed by atoms with Gasteiger partial charge in [-0.2, -0.15) is 0 Å². The summed E-state index contributed by atoms with van der Waals surface area (Å²) in [6.07, 6.45) is 3.39. The molecule has 0 saturated carbocycles. The third kappa shape index (κ3) is 3.67. The van der Waals surface area contributed by atoms with Crippen LogP contribution >= 0.6 is 0 Å². The number of rotatable bonds is 3. The summed E-state index contributed by atoms with van der Waals surface area (Å²) in [7, 11) is 0. The Morgan fingerprint density at radius 2 is 1.81 bits per heavy atom. The monoisotopic (exact) mass is 428 g/mol. The molecule has 6 heteroatoms. The van der Waals surface area contributed by atoms with Gasteiger partial charge in [0.1, 0.15) is 29.2 Å². The third-order valence-corrected chi connectivity index (χ3v) is 5.24. The van der Waals surface area contributed by atoms with Crippen LogP contribution in [-0.4, -0.2) is 17.9 Å². The van der Waals surface area contributed by atoms with Crippen LogP contribution in [0.25, 0.3) is 6.08 Å². The van der Waals surface area contributed by atoms with Crippen LogP contribution in [0.3, 0.4) is 0 Å². The number of para-hydroxylation sites is 1. The molecule has 2 aliphatic rings. The normalized spacial score (nSPS) is 17.7. The standard InChI is InChI=1S/C26H17FO5/c1-15-18(12-17-4-2-3-5-22(17)30-15)13-24-25(28)21-11-10-20(14-23(21)32-24)31-26(29)16-6-8-19(27)9-7-16/h2-15H,1H3/b24-13-. The molecule has 1 atom stereocenters. The zero-order valence-corrected chi connectivity index (χ0v) is 17.0. The molecule has 0 fully saturated rings. The average Bonchev–Trinajstić information content (AvgIpc) is 3.09. The maximum Gasteiger partial charge on any atom is 0.343 e. The molecule has 0 bridgehead atoms. The molecule has 0 aliphatic carbocycles. The minimum absolute atomic E-state index is 0.170. The number of carbonyl (C=O) groups is 2. The summed E-state index contributed by atoms with van der Waals surface area (Å²) in [5.41, 5.74) is 2.32. The summed E-state index contributed by atoms with van der Waals surface area (Å²) < 4.78 is 30.1. The molecule has 5 nitrogen and oxygen atoms in total. The predicted octanol–water partition coefficient (Wildman–Crippen LogP) is 5.37. The van der Waals surface area contributed by atoms with E-state index in [0.717, 1.165) is 16.9 Å². The van der Waals surface area contributed by atoms with E-state index in [9.17, 15) is 14.0 Å². The number of esters is 1. The van der Waals surface area contributed by atoms with Crippen LogP contribution in [0.2, 0.25) is 0 Å². The van der Waals surface area contributed by atoms with Crippen molar-refractivity contribution < 1.29 is 28.2 Å². The van der Waals surface area contributed by atoms with Crippen molar-refractivity contribution in [2.24, 2.45) is 0 Å². The number of Topliss-reactive ketones (excluding diaryl/α,β-unsaturated/α-hetero) is 1. The fourth-order valence-electron chi connectivity index (χ4n) is 3.56. The molecule has 2 heterocycles. The molecule has 0 radical (unpaired) electrons. The van der Waals surface area contributed by atoms with Gasteiger partial charge in [-0.25, -0.2) is 9.18 Å². The van der Waals surface area contributed by atoms with E-state index >= 15 is 0 Å². The van der Waals surface area contributed by atoms with Gasteiger partial charge < -0.3 is 14.2 Å². The summed E-state index contributed by atoms with van der Waals surface area (Å²) in [6, 6.07) is 17.3. The molecule has 0 N–H and O–H groups in total. The number of fused-ring (bicyclic) bond motifs is 2. The van der Waals surface area contributed by atoms with Gasteiger partial charge in [0, 0.05) is 11.6 Å². The second-order valence-corrected chi connectivity index (χ2v) is 7.44. The van der Waals surface area contributed by atoms with Gasteiger partial charge in [0.15, 0.2) is 5.76 Å². The molecular weight excluding hydrogens is 411 g/mol. The van der Waals surface area contributed by atoms with Crippen molar-refractivity contribution in [2.75, 3.05) is 0 Å². The van der Waals surface area contributed by atoms with E-state index < -0.39 is 11.8 Å². The third-order valence-electron chi connectivity index (χ3n) is 5.24. The molecule has 3 aromatic carbocycles. The Morgan fingerprint density at radius 1 is 1.03 bits per heavy atom. The Bertz CT molecular complexity index is 1300. The van der Waals surface area contributed by atoms with Crippen LogP contribution in [0.4, 0.5) is 4.39 Å². The summed E-state index contributed by atoms with van der Waals surface area (Å²) in [6.45, 7) is 1.90. The van der Waals surface area contributed by atoms with E-state index in [1.807, 2.05) is 37.3 Å². The topological polar surface area (TPSA) is 61.8 Å². The van der Waals surface area contributed by atoms with Crippen molar-refractivity contribution in [3.63, 3.8) is 0 Å². The zero-order chi connectivity index (χ0) is 22.2. The number of allylic oxidation sites excluding steroid dienone is 1. The first kappa shape index (κ1) is 19.8. The van der Waals surface area contributed by atoms with Crippen LogP contribution < -0.4 is 14.2 Å². The minimum Gasteiger partial charge on any atom is -0.485 e. The molecule has 3 aromatic rings. The van der Waals surface area contributed by atoms with Gasteiger partial charge in [-0.05, 0) is 67.1 Å². The second-order valence-electron chi connectivity index (χ2n) is 7.44. The minimum atomic E-state index is -0.637. The Hall–Kier alpha value is -4.19. The van der Waals surface area contributed by atoms with E-state index in [0.29, 0.717) is 11.3 Å². The quantitative estimate of drug-likeness (QED) is 0.319. The van der Waals surface area contributed by atoms with E-state index in [2.05, 4.69) is 0 Å². The number of hydrogen-bond acceptors (Lipinski definition) is 5. The molecule has 0 saturated heterocycles. The van der Waals surface area contributed by atoms with Crippen molar-refractivity contribution in [3.05, 3.63) is 107 Å². The molecule has 0 amide bonds. The van der Waals surface area contributed by atoms with Gasteiger partial charge in [0.2, 0.25) is 5.78 Å². The van der Waals surface area contributed by atoms with Crippen molar-refractivity contribution >= 4 is 17.8 Å². The van der Waals surface area contributed by atoms with Crippen LogP contribution in [0.1, 0.15) is 33.2 Å². The van der Waals surface area contributed by atoms with Gasteiger partial charge in [0.25, 0.3) is 0 Å². The number of hydrogen-bond donors (Lipinski definition) is 0. The predicted molar refractivity (Wildman–Crippen MR) is 115 cm³/mol. The average molecular weight is 428 g/mol. The van der Waals surface area contributed by atoms with Crippen molar-refractivity contribution in [2.45, 2.75) is 13.0 Å². The fraction of sp³-hybridized carbons (Fsp3) is 0.0769. The van der Waals surface area contributed by atoms with Crippen molar-refractivity contribution in [1.82, 2.24) is 0 Å². The van der Waals surface area contributed by atoms with E-state index in [-0.39, 0.29) is 29.0 Å². The zero-order valence-electron chi connectivity index (χ0n) is 17.0. The molecule has 0 spiro atoms. The first-order valence-corrected chi connectivity index (χ1v) is 10.0. The Morgan fingerprint density at radius 3 is 2.62 bits per heavy atom. The van der Waals surface area contributed by atoms with Gasteiger partial charge in [-0.1, -0.05) is 18.2 Å². The number of halogens is 1. The molecule has 32 heavy (non-hydrogen) atoms. The smallest absolute Gasteiger partial charge is 0.343 e. The van der Waals surface area contributed by atoms with Crippen LogP contribution in [-0.2, 0) is 0 Å². The Balaban J connectivity index is 1.38. The summed E-state index contributed by atoms with van der Waals surface area (Å²) in [4.78, 5) is 25.1. The van der Waals surface area contributed by atoms with Crippen LogP contribution in [0.5, 0.6) is 17.2 Å². The molecule has 2 aliphatic heterocycles. The summed E-state index contributed by atoms with van der Waals surface area (Å²) in [5.74, 6) is 0.137. The SMILES string of the molecule is CC1Oc2ccccc2C=C1/C=C1\Oc2cc(OC(=O)c3ccc(F)cc3)ccc2C1=O. The van der Waals surface area contributed by atoms with Gasteiger partial charge in [-0.15, -0.1) is 0 Å². The highest BCUT2D eigenvalue weighted by molar-refractivity contribution is 6.12. The molecule has 0 aromatic heterocycles. The lowest BCUT2D eigenvalue weighted by atomic mass is 10.0. The lowest BCUT2D eigenvalue weighted by molar-refractivity contribution is 0.0734. The number of benzene rings is 3. The fourth-order valence-corrected chi connectivity index (χ4v) is 3.56. The van der Waals surface area contributed by atoms with E-state index in [1.54, 1.807) is 12.1 Å². The maximum atomic E-state index is 13.0. The number of ketones is 1. The highest BCUT2D eigenvalue weighted by Gasteiger charge is 2.29. The lowest BCUT2D eigenvalue weighted by Gasteiger charge is -2.22. The Kier molecular flexibility index (Phi) is 4.82. The van der Waals surface area contributed by atoms with Crippen LogP contribution in [0.15, 0.2) is 84.1 Å².